The molecular formula is C13H13N3O. The van der Waals surface area contributed by atoms with Gasteiger partial charge >= 0.3 is 0 Å². The Morgan fingerprint density at radius 3 is 2.59 bits per heavy atom. The SMILES string of the molecule is COc1ccc(C#N)c(-n2nc(C)cc2C)c1. The van der Waals surface area contributed by atoms with Crippen molar-refractivity contribution in [2.75, 3.05) is 7.11 Å². The predicted octanol–water partition coefficient (Wildman–Crippen LogP) is 2.37. The number of hydrogen-bond acceptors (Lipinski definition) is 3. The van der Waals surface area contributed by atoms with Gasteiger partial charge in [0.15, 0.2) is 0 Å². The first-order valence-electron chi connectivity index (χ1n) is 5.27. The van der Waals surface area contributed by atoms with Crippen molar-refractivity contribution < 1.29 is 4.74 Å². The van der Waals surface area contributed by atoms with Gasteiger partial charge in [0, 0.05) is 11.8 Å². The van der Waals surface area contributed by atoms with Crippen LogP contribution in [0.4, 0.5) is 0 Å². The minimum atomic E-state index is 0.581. The van der Waals surface area contributed by atoms with E-state index in [1.807, 2.05) is 26.0 Å². The number of nitriles is 1. The standard InChI is InChI=1S/C13H13N3O/c1-9-6-10(2)16(15-9)13-7-12(17-3)5-4-11(13)8-14/h4-7H,1-3H3. The largest absolute Gasteiger partial charge is 0.497 e. The zero-order chi connectivity index (χ0) is 12.4. The minimum absolute atomic E-state index is 0.581. The van der Waals surface area contributed by atoms with Crippen molar-refractivity contribution >= 4 is 0 Å². The first-order valence-corrected chi connectivity index (χ1v) is 5.27. The van der Waals surface area contributed by atoms with Crippen LogP contribution in [0.5, 0.6) is 5.75 Å². The molecule has 1 aromatic heterocycles. The average molecular weight is 227 g/mol. The maximum absolute atomic E-state index is 9.11. The van der Waals surface area contributed by atoms with Crippen LogP contribution in [-0.2, 0) is 0 Å². The molecule has 2 aromatic rings. The highest BCUT2D eigenvalue weighted by Crippen LogP contribution is 2.22. The van der Waals surface area contributed by atoms with Gasteiger partial charge in [0.1, 0.15) is 11.8 Å². The Hall–Kier alpha value is -2.28. The number of methoxy groups -OCH3 is 1. The summed E-state index contributed by atoms with van der Waals surface area (Å²) < 4.78 is 6.93. The second-order valence-electron chi connectivity index (χ2n) is 3.83. The van der Waals surface area contributed by atoms with E-state index in [0.717, 1.165) is 17.1 Å². The smallest absolute Gasteiger partial charge is 0.121 e. The van der Waals surface area contributed by atoms with E-state index >= 15 is 0 Å². The van der Waals surface area contributed by atoms with Gasteiger partial charge in [-0.1, -0.05) is 0 Å². The molecule has 2 rings (SSSR count). The number of benzene rings is 1. The quantitative estimate of drug-likeness (QED) is 0.791. The number of ether oxygens (including phenoxy) is 1. The summed E-state index contributed by atoms with van der Waals surface area (Å²) in [7, 11) is 1.60. The van der Waals surface area contributed by atoms with E-state index in [2.05, 4.69) is 11.2 Å². The lowest BCUT2D eigenvalue weighted by Gasteiger charge is -2.08. The molecule has 0 saturated carbocycles. The van der Waals surface area contributed by atoms with Crippen molar-refractivity contribution in [1.29, 1.82) is 5.26 Å². The Morgan fingerprint density at radius 1 is 1.29 bits per heavy atom. The van der Waals surface area contributed by atoms with Gasteiger partial charge in [-0.25, -0.2) is 4.68 Å². The van der Waals surface area contributed by atoms with Crippen molar-refractivity contribution in [2.45, 2.75) is 13.8 Å². The average Bonchev–Trinajstić information content (AvgIpc) is 2.67. The van der Waals surface area contributed by atoms with E-state index in [0.29, 0.717) is 11.3 Å². The summed E-state index contributed by atoms with van der Waals surface area (Å²) in [6, 6.07) is 9.47. The normalized spacial score (nSPS) is 10.0. The maximum atomic E-state index is 9.11. The van der Waals surface area contributed by atoms with Crippen LogP contribution in [0, 0.1) is 25.2 Å². The lowest BCUT2D eigenvalue weighted by Crippen LogP contribution is -2.02. The van der Waals surface area contributed by atoms with E-state index < -0.39 is 0 Å². The number of rotatable bonds is 2. The van der Waals surface area contributed by atoms with E-state index in [-0.39, 0.29) is 0 Å². The second kappa shape index (κ2) is 4.30. The van der Waals surface area contributed by atoms with Crippen LogP contribution in [0.1, 0.15) is 17.0 Å². The van der Waals surface area contributed by atoms with Crippen molar-refractivity contribution in [3.63, 3.8) is 0 Å². The Labute approximate surface area is 100 Å². The molecule has 0 aliphatic heterocycles. The molecule has 17 heavy (non-hydrogen) atoms. The van der Waals surface area contributed by atoms with Crippen LogP contribution >= 0.6 is 0 Å². The van der Waals surface area contributed by atoms with E-state index in [4.69, 9.17) is 10.00 Å². The van der Waals surface area contributed by atoms with Gasteiger partial charge in [0.05, 0.1) is 24.1 Å². The summed E-state index contributed by atoms with van der Waals surface area (Å²) in [5.41, 5.74) is 3.25. The lowest BCUT2D eigenvalue weighted by molar-refractivity contribution is 0.414. The van der Waals surface area contributed by atoms with Gasteiger partial charge in [-0.15, -0.1) is 0 Å². The van der Waals surface area contributed by atoms with Gasteiger partial charge in [-0.3, -0.25) is 0 Å². The molecule has 1 aromatic carbocycles. The number of nitrogens with zero attached hydrogens (tertiary/aromatic N) is 3. The summed E-state index contributed by atoms with van der Waals surface area (Å²) >= 11 is 0. The summed E-state index contributed by atoms with van der Waals surface area (Å²) in [5.74, 6) is 0.714. The first-order chi connectivity index (χ1) is 8.15. The molecular weight excluding hydrogens is 214 g/mol. The van der Waals surface area contributed by atoms with Crippen LogP contribution in [0.15, 0.2) is 24.3 Å². The highest BCUT2D eigenvalue weighted by molar-refractivity contribution is 5.52. The maximum Gasteiger partial charge on any atom is 0.121 e. The second-order valence-corrected chi connectivity index (χ2v) is 3.83. The molecule has 0 radical (unpaired) electrons. The zero-order valence-electron chi connectivity index (χ0n) is 10.1. The molecule has 0 bridgehead atoms. The molecule has 0 fully saturated rings. The predicted molar refractivity (Wildman–Crippen MR) is 64.3 cm³/mol. The van der Waals surface area contributed by atoms with Crippen molar-refractivity contribution in [1.82, 2.24) is 9.78 Å². The highest BCUT2D eigenvalue weighted by atomic mass is 16.5. The molecule has 0 aliphatic carbocycles. The monoisotopic (exact) mass is 227 g/mol. The third kappa shape index (κ3) is 2.00. The number of hydrogen-bond donors (Lipinski definition) is 0. The third-order valence-electron chi connectivity index (χ3n) is 2.56. The van der Waals surface area contributed by atoms with Gasteiger partial charge in [-0.2, -0.15) is 10.4 Å². The Morgan fingerprint density at radius 2 is 2.06 bits per heavy atom. The van der Waals surface area contributed by atoms with Crippen LogP contribution in [-0.4, -0.2) is 16.9 Å². The van der Waals surface area contributed by atoms with Crippen LogP contribution in [0.25, 0.3) is 5.69 Å². The minimum Gasteiger partial charge on any atom is -0.497 e. The van der Waals surface area contributed by atoms with E-state index in [1.165, 1.54) is 0 Å². The summed E-state index contributed by atoms with van der Waals surface area (Å²) in [5, 5.41) is 13.5. The molecule has 0 atom stereocenters. The van der Waals surface area contributed by atoms with Crippen LogP contribution in [0.3, 0.4) is 0 Å². The molecule has 0 saturated heterocycles. The van der Waals surface area contributed by atoms with Gasteiger partial charge in [-0.05, 0) is 32.0 Å². The molecule has 4 nitrogen and oxygen atoms in total. The zero-order valence-corrected chi connectivity index (χ0v) is 10.1. The van der Waals surface area contributed by atoms with Crippen molar-refractivity contribution in [3.05, 3.63) is 41.2 Å². The topological polar surface area (TPSA) is 50.8 Å². The number of aryl methyl sites for hydroxylation is 2. The lowest BCUT2D eigenvalue weighted by atomic mass is 10.2. The molecule has 0 aliphatic rings. The van der Waals surface area contributed by atoms with Crippen molar-refractivity contribution in [3.8, 4) is 17.5 Å². The van der Waals surface area contributed by atoms with E-state index in [1.54, 1.807) is 23.9 Å². The Kier molecular flexibility index (Phi) is 2.84. The van der Waals surface area contributed by atoms with E-state index in [9.17, 15) is 0 Å². The summed E-state index contributed by atoms with van der Waals surface area (Å²) in [6.07, 6.45) is 0. The molecule has 0 amide bonds. The molecule has 1 heterocycles. The Bertz CT molecular complexity index is 593. The highest BCUT2D eigenvalue weighted by Gasteiger charge is 2.10. The van der Waals surface area contributed by atoms with Crippen molar-refractivity contribution in [2.24, 2.45) is 0 Å². The van der Waals surface area contributed by atoms with Gasteiger partial charge in [0.25, 0.3) is 0 Å². The fourth-order valence-corrected chi connectivity index (χ4v) is 1.78. The molecule has 0 unspecified atom stereocenters. The van der Waals surface area contributed by atoms with Gasteiger partial charge < -0.3 is 4.74 Å². The number of aromatic nitrogens is 2. The molecule has 0 N–H and O–H groups in total. The molecule has 86 valence electrons. The van der Waals surface area contributed by atoms with Crippen LogP contribution < -0.4 is 4.74 Å². The first kappa shape index (κ1) is 11.2. The summed E-state index contributed by atoms with van der Waals surface area (Å²) in [6.45, 7) is 3.89. The Balaban J connectivity index is 2.65. The molecule has 0 spiro atoms. The molecule has 4 heteroatoms. The van der Waals surface area contributed by atoms with Crippen LogP contribution in [0.2, 0.25) is 0 Å². The fraction of sp³-hybridized carbons (Fsp3) is 0.231. The third-order valence-corrected chi connectivity index (χ3v) is 2.56. The fourth-order valence-electron chi connectivity index (χ4n) is 1.78. The summed E-state index contributed by atoms with van der Waals surface area (Å²) in [4.78, 5) is 0. The van der Waals surface area contributed by atoms with Gasteiger partial charge in [0.2, 0.25) is 0 Å².